The minimum absolute atomic E-state index is 0.0280. The number of nitrogens with one attached hydrogen (secondary N) is 1. The molecule has 18 heteroatoms. The number of benzene rings is 1. The fraction of sp³-hybridized carbons (Fsp3) is 0.621. The highest BCUT2D eigenvalue weighted by molar-refractivity contribution is 8.35. The lowest BCUT2D eigenvalue weighted by Gasteiger charge is -2.32. The smallest absolute Gasteiger partial charge is 0.351 e. The van der Waals surface area contributed by atoms with Crippen molar-refractivity contribution < 1.29 is 57.0 Å². The van der Waals surface area contributed by atoms with E-state index in [1.54, 1.807) is 58.0 Å². The van der Waals surface area contributed by atoms with E-state index in [4.69, 9.17) is 54.5 Å². The summed E-state index contributed by atoms with van der Waals surface area (Å²) in [4.78, 5) is 40.6. The average Bonchev–Trinajstić information content (AvgIpc) is 3.71. The number of amides is 1. The average molecular weight is 700 g/mol. The van der Waals surface area contributed by atoms with Crippen molar-refractivity contribution in [2.45, 2.75) is 94.5 Å². The van der Waals surface area contributed by atoms with Crippen molar-refractivity contribution in [1.82, 2.24) is 9.55 Å². The van der Waals surface area contributed by atoms with Crippen molar-refractivity contribution in [2.75, 3.05) is 25.6 Å². The zero-order chi connectivity index (χ0) is 33.7. The van der Waals surface area contributed by atoms with Gasteiger partial charge in [0, 0.05) is 18.9 Å². The molecule has 2 aromatic rings. The third-order valence-electron chi connectivity index (χ3n) is 8.05. The van der Waals surface area contributed by atoms with E-state index in [1.807, 2.05) is 0 Å². The van der Waals surface area contributed by atoms with E-state index in [2.05, 4.69) is 10.3 Å². The van der Waals surface area contributed by atoms with Crippen molar-refractivity contribution in [3.63, 3.8) is 0 Å². The predicted octanol–water partition coefficient (Wildman–Crippen LogP) is 1.42. The van der Waals surface area contributed by atoms with Gasteiger partial charge in [0.05, 0.1) is 6.61 Å². The molecule has 6 rings (SSSR count). The van der Waals surface area contributed by atoms with E-state index in [9.17, 15) is 19.6 Å². The summed E-state index contributed by atoms with van der Waals surface area (Å²) in [5.74, 6) is -2.24. The molecule has 4 saturated heterocycles. The van der Waals surface area contributed by atoms with Crippen molar-refractivity contribution in [3.05, 3.63) is 58.6 Å². The number of aliphatic hydroxyl groups excluding tert-OH is 1. The minimum Gasteiger partial charge on any atom is -0.459 e. The van der Waals surface area contributed by atoms with Gasteiger partial charge in [-0.3, -0.25) is 9.36 Å². The van der Waals surface area contributed by atoms with Crippen LogP contribution >= 0.6 is 7.15 Å². The van der Waals surface area contributed by atoms with Crippen molar-refractivity contribution in [1.29, 1.82) is 0 Å². The first-order valence-electron chi connectivity index (χ1n) is 15.0. The summed E-state index contributed by atoms with van der Waals surface area (Å²) < 4.78 is 53.8. The number of rotatable bonds is 10. The number of methoxy groups -OCH3 is 1. The van der Waals surface area contributed by atoms with E-state index in [-0.39, 0.29) is 12.4 Å². The monoisotopic (exact) mass is 699 g/mol. The Bertz CT molecular complexity index is 1500. The summed E-state index contributed by atoms with van der Waals surface area (Å²) in [7, 11) is -2.68. The summed E-state index contributed by atoms with van der Waals surface area (Å²) in [6, 6.07) is 9.87. The molecule has 0 saturated carbocycles. The number of hydrogen-bond acceptors (Lipinski definition) is 15. The van der Waals surface area contributed by atoms with Gasteiger partial charge in [-0.15, -0.1) is 0 Å². The highest BCUT2D eigenvalue weighted by atomic mass is 32.7. The van der Waals surface area contributed by atoms with E-state index in [0.29, 0.717) is 5.56 Å². The number of nitrogens with zero attached hydrogens (tertiary/aromatic N) is 2. The van der Waals surface area contributed by atoms with Crippen LogP contribution in [0.15, 0.2) is 47.4 Å². The lowest BCUT2D eigenvalue weighted by atomic mass is 10.1. The van der Waals surface area contributed by atoms with Gasteiger partial charge in [-0.1, -0.05) is 18.2 Å². The van der Waals surface area contributed by atoms with E-state index < -0.39 is 92.2 Å². The molecule has 47 heavy (non-hydrogen) atoms. The molecule has 1 aromatic carbocycles. The summed E-state index contributed by atoms with van der Waals surface area (Å²) >= 11 is 5.36. The molecule has 16 nitrogen and oxygen atoms in total. The van der Waals surface area contributed by atoms with Gasteiger partial charge in [0.1, 0.15) is 49.0 Å². The van der Waals surface area contributed by atoms with E-state index in [1.165, 1.54) is 19.4 Å². The van der Waals surface area contributed by atoms with Gasteiger partial charge in [0.15, 0.2) is 30.2 Å². The van der Waals surface area contributed by atoms with Crippen LogP contribution in [0.1, 0.15) is 44.3 Å². The number of hydrogen-bond donors (Lipinski definition) is 3. The third-order valence-corrected chi connectivity index (χ3v) is 9.61. The topological polar surface area (TPSA) is 188 Å². The molecule has 0 bridgehead atoms. The number of ether oxygens (including phenoxy) is 7. The molecular formula is C29H38N3O13PS. The molecule has 1 amide bonds. The number of aliphatic hydroxyl groups is 1. The normalized spacial score (nSPS) is 35.4. The molecule has 5 heterocycles. The lowest BCUT2D eigenvalue weighted by Crippen LogP contribution is -2.44. The van der Waals surface area contributed by atoms with Gasteiger partial charge in [0.25, 0.3) is 13.1 Å². The van der Waals surface area contributed by atoms with Gasteiger partial charge in [-0.2, -0.15) is 14.0 Å². The summed E-state index contributed by atoms with van der Waals surface area (Å²) in [5, 5.41) is 13.6. The second-order valence-electron chi connectivity index (χ2n) is 12.3. The van der Waals surface area contributed by atoms with Crippen LogP contribution in [0.4, 0.5) is 5.82 Å². The molecule has 0 radical (unpaired) electrons. The zero-order valence-corrected chi connectivity index (χ0v) is 28.0. The number of carbonyl (C=O) groups excluding carboxylic acids is 1. The molecule has 0 aliphatic carbocycles. The summed E-state index contributed by atoms with van der Waals surface area (Å²) in [6.07, 6.45) is -7.01. The van der Waals surface area contributed by atoms with Crippen LogP contribution in [0.2, 0.25) is 0 Å². The highest BCUT2D eigenvalue weighted by Crippen LogP contribution is 2.59. The van der Waals surface area contributed by atoms with Crippen LogP contribution in [0.3, 0.4) is 0 Å². The van der Waals surface area contributed by atoms with Crippen LogP contribution in [-0.2, 0) is 54.5 Å². The summed E-state index contributed by atoms with van der Waals surface area (Å²) in [6.45, 7) is 6.77. The second kappa shape index (κ2) is 13.3. The number of fused-ring (bicyclic) bond motifs is 1. The number of aromatic nitrogens is 2. The van der Waals surface area contributed by atoms with E-state index >= 15 is 0 Å². The predicted molar refractivity (Wildman–Crippen MR) is 165 cm³/mol. The standard InChI is InChI=1S/C29H38N3O13PS/c1-28(2)38-13-17(42-28)20-22(23-26(41-20)44-29(3,4)43-23)45-46(36,47)39-14-16-19(33)21(37-5)25(40-16)32-12-11-18(31-27(32)35)30-24(34)15-9-7-6-8-10-15/h6-12,16-17,19-23,25-26,33H,13-14H2,1-5H3,(H,36,47)(H,30,31,34,35)/t16-,17-,19-,20-,21-,22+,23-,25-,26-,46?/m1/s1. The van der Waals surface area contributed by atoms with Gasteiger partial charge in [-0.05, 0) is 45.9 Å². The first-order valence-corrected chi connectivity index (χ1v) is 17.5. The van der Waals surface area contributed by atoms with Crippen molar-refractivity contribution in [2.24, 2.45) is 0 Å². The molecule has 4 fully saturated rings. The largest absolute Gasteiger partial charge is 0.459 e. The third kappa shape index (κ3) is 7.57. The minimum atomic E-state index is -4.03. The van der Waals surface area contributed by atoms with Gasteiger partial charge in [0.2, 0.25) is 0 Å². The molecular weight excluding hydrogens is 661 g/mol. The van der Waals surface area contributed by atoms with E-state index in [0.717, 1.165) is 4.57 Å². The maximum absolute atomic E-state index is 13.0. The van der Waals surface area contributed by atoms with Crippen molar-refractivity contribution in [3.8, 4) is 0 Å². The fourth-order valence-corrected chi connectivity index (χ4v) is 7.37. The Morgan fingerprint density at radius 1 is 1.09 bits per heavy atom. The first kappa shape index (κ1) is 34.8. The van der Waals surface area contributed by atoms with Gasteiger partial charge in [-0.25, -0.2) is 9.69 Å². The molecule has 4 aliphatic rings. The number of anilines is 1. The Kier molecular flexibility index (Phi) is 9.85. The van der Waals surface area contributed by atoms with Crippen LogP contribution in [0.5, 0.6) is 0 Å². The highest BCUT2D eigenvalue weighted by Gasteiger charge is 2.61. The molecule has 4 aliphatic heterocycles. The van der Waals surface area contributed by atoms with Crippen molar-refractivity contribution >= 4 is 31.1 Å². The molecule has 1 unspecified atom stereocenters. The van der Waals surface area contributed by atoms with Crippen LogP contribution in [-0.4, -0.2) is 106 Å². The molecule has 258 valence electrons. The second-order valence-corrected chi connectivity index (χ2v) is 15.1. The first-order chi connectivity index (χ1) is 22.2. The SMILES string of the molecule is CO[C@@H]1[C@H](O)[C@@H](CO[P+](O)([S-])O[C@@H]2[C@H]3OC(C)(C)O[C@H]3O[C@@H]2[C@H]2COC(C)(C)O2)O[C@H]1n1ccc(NC(=O)c2ccccc2)nc1=O. The Hall–Kier alpha value is -2.09. The molecule has 3 N–H and O–H groups in total. The van der Waals surface area contributed by atoms with Crippen LogP contribution in [0, 0.1) is 0 Å². The molecule has 0 spiro atoms. The Balaban J connectivity index is 1.11. The van der Waals surface area contributed by atoms with Crippen LogP contribution in [0.25, 0.3) is 0 Å². The summed E-state index contributed by atoms with van der Waals surface area (Å²) in [5.41, 5.74) is -0.373. The molecule has 10 atom stereocenters. The van der Waals surface area contributed by atoms with Gasteiger partial charge >= 0.3 is 5.69 Å². The quantitative estimate of drug-likeness (QED) is 0.239. The van der Waals surface area contributed by atoms with Gasteiger partial charge < -0.3 is 55.8 Å². The molecule has 1 aromatic heterocycles. The zero-order valence-electron chi connectivity index (χ0n) is 26.3. The lowest BCUT2D eigenvalue weighted by molar-refractivity contribution is -0.231. The Labute approximate surface area is 276 Å². The number of carbonyl (C=O) groups is 1. The maximum atomic E-state index is 13.0. The Morgan fingerprint density at radius 2 is 1.83 bits per heavy atom. The van der Waals surface area contributed by atoms with Crippen LogP contribution < -0.4 is 11.0 Å². The maximum Gasteiger partial charge on any atom is 0.351 e. The Morgan fingerprint density at radius 3 is 2.49 bits per heavy atom. The fourth-order valence-electron chi connectivity index (χ4n) is 5.94.